The molecule has 1 atom stereocenters. The van der Waals surface area contributed by atoms with Crippen molar-refractivity contribution in [2.45, 2.75) is 23.8 Å². The summed E-state index contributed by atoms with van der Waals surface area (Å²) in [5.74, 6) is -0.932. The molecule has 2 heterocycles. The minimum absolute atomic E-state index is 0.0292. The van der Waals surface area contributed by atoms with Crippen LogP contribution in [0.4, 0.5) is 9.52 Å². The van der Waals surface area contributed by atoms with Crippen molar-refractivity contribution in [3.05, 3.63) is 52.8 Å². The van der Waals surface area contributed by atoms with Crippen molar-refractivity contribution in [2.75, 3.05) is 11.9 Å². The molecule has 1 N–H and O–H groups in total. The fourth-order valence-corrected chi connectivity index (χ4v) is 6.25. The SMILES string of the molecule is O=C(Nc1nc2ccc(Br)cc2s1)C1CCCN1S(=O)(=O)c1ccc(F)cc1. The molecule has 6 nitrogen and oxygen atoms in total. The number of benzene rings is 2. The van der Waals surface area contributed by atoms with Crippen molar-refractivity contribution in [3.8, 4) is 0 Å². The maximum absolute atomic E-state index is 13.1. The van der Waals surface area contributed by atoms with Gasteiger partial charge < -0.3 is 5.32 Å². The molecule has 10 heteroatoms. The van der Waals surface area contributed by atoms with Gasteiger partial charge in [0.25, 0.3) is 0 Å². The fourth-order valence-electron chi connectivity index (χ4n) is 3.17. The summed E-state index contributed by atoms with van der Waals surface area (Å²) >= 11 is 4.72. The number of hydrogen-bond acceptors (Lipinski definition) is 5. The van der Waals surface area contributed by atoms with Crippen molar-refractivity contribution in [3.63, 3.8) is 0 Å². The van der Waals surface area contributed by atoms with Gasteiger partial charge in [-0.3, -0.25) is 4.79 Å². The van der Waals surface area contributed by atoms with Gasteiger partial charge in [0, 0.05) is 11.0 Å². The predicted molar refractivity (Wildman–Crippen MR) is 109 cm³/mol. The number of halogens is 2. The van der Waals surface area contributed by atoms with Crippen LogP contribution in [0.25, 0.3) is 10.2 Å². The van der Waals surface area contributed by atoms with Gasteiger partial charge in [-0.1, -0.05) is 27.3 Å². The van der Waals surface area contributed by atoms with E-state index in [1.54, 1.807) is 0 Å². The van der Waals surface area contributed by atoms with Gasteiger partial charge in [-0.25, -0.2) is 17.8 Å². The van der Waals surface area contributed by atoms with Crippen LogP contribution in [0.3, 0.4) is 0 Å². The second-order valence-corrected chi connectivity index (χ2v) is 10.2. The molecule has 1 amide bonds. The Balaban J connectivity index is 1.56. The van der Waals surface area contributed by atoms with Crippen LogP contribution in [-0.2, 0) is 14.8 Å². The molecule has 0 saturated carbocycles. The van der Waals surface area contributed by atoms with E-state index in [4.69, 9.17) is 0 Å². The number of aromatic nitrogens is 1. The normalized spacial score (nSPS) is 17.9. The molecule has 0 bridgehead atoms. The van der Waals surface area contributed by atoms with Gasteiger partial charge >= 0.3 is 0 Å². The first-order valence-corrected chi connectivity index (χ1v) is 11.5. The predicted octanol–water partition coefficient (Wildman–Crippen LogP) is 3.99. The first kappa shape index (κ1) is 19.4. The van der Waals surface area contributed by atoms with Crippen LogP contribution < -0.4 is 5.32 Å². The minimum Gasteiger partial charge on any atom is -0.301 e. The number of thiazole rings is 1. The lowest BCUT2D eigenvalue weighted by atomic mass is 10.2. The summed E-state index contributed by atoms with van der Waals surface area (Å²) in [6, 6.07) is 9.40. The average molecular weight is 484 g/mol. The number of carbonyl (C=O) groups is 1. The summed E-state index contributed by atoms with van der Waals surface area (Å²) in [5.41, 5.74) is 0.755. The quantitative estimate of drug-likeness (QED) is 0.608. The molecular weight excluding hydrogens is 469 g/mol. The topological polar surface area (TPSA) is 79.4 Å². The summed E-state index contributed by atoms with van der Waals surface area (Å²) in [7, 11) is -3.89. The van der Waals surface area contributed by atoms with E-state index in [1.807, 2.05) is 18.2 Å². The van der Waals surface area contributed by atoms with Gasteiger partial charge in [-0.2, -0.15) is 4.31 Å². The summed E-state index contributed by atoms with van der Waals surface area (Å²) in [5, 5.41) is 3.16. The second kappa shape index (κ2) is 7.51. The highest BCUT2D eigenvalue weighted by molar-refractivity contribution is 9.10. The monoisotopic (exact) mass is 483 g/mol. The third-order valence-electron chi connectivity index (χ3n) is 4.51. The molecule has 28 heavy (non-hydrogen) atoms. The number of anilines is 1. The molecule has 2 aromatic carbocycles. The molecule has 3 aromatic rings. The van der Waals surface area contributed by atoms with Gasteiger partial charge in [0.1, 0.15) is 11.9 Å². The molecule has 1 fully saturated rings. The van der Waals surface area contributed by atoms with Gasteiger partial charge in [0.2, 0.25) is 15.9 Å². The number of hydrogen-bond donors (Lipinski definition) is 1. The van der Waals surface area contributed by atoms with E-state index in [2.05, 4.69) is 26.2 Å². The Kier molecular flexibility index (Phi) is 5.21. The van der Waals surface area contributed by atoms with Crippen molar-refractivity contribution >= 4 is 58.5 Å². The third-order valence-corrected chi connectivity index (χ3v) is 7.86. The number of amides is 1. The Morgan fingerprint density at radius 2 is 2.00 bits per heavy atom. The second-order valence-electron chi connectivity index (χ2n) is 6.35. The van der Waals surface area contributed by atoms with Crippen molar-refractivity contribution < 1.29 is 17.6 Å². The number of nitrogens with one attached hydrogen (secondary N) is 1. The van der Waals surface area contributed by atoms with Crippen molar-refractivity contribution in [1.82, 2.24) is 9.29 Å². The lowest BCUT2D eigenvalue weighted by Crippen LogP contribution is -2.43. The lowest BCUT2D eigenvalue weighted by Gasteiger charge is -2.23. The molecule has 4 rings (SSSR count). The molecule has 1 aromatic heterocycles. The number of rotatable bonds is 4. The average Bonchev–Trinajstić information content (AvgIpc) is 3.28. The van der Waals surface area contributed by atoms with E-state index in [9.17, 15) is 17.6 Å². The molecule has 0 radical (unpaired) electrons. The Labute approximate surface area is 173 Å². The molecule has 1 aliphatic heterocycles. The highest BCUT2D eigenvalue weighted by atomic mass is 79.9. The van der Waals surface area contributed by atoms with Crippen LogP contribution in [0.1, 0.15) is 12.8 Å². The summed E-state index contributed by atoms with van der Waals surface area (Å²) in [4.78, 5) is 17.1. The van der Waals surface area contributed by atoms with Crippen molar-refractivity contribution in [2.24, 2.45) is 0 Å². The number of sulfonamides is 1. The third kappa shape index (κ3) is 3.69. The zero-order chi connectivity index (χ0) is 19.9. The standard InChI is InChI=1S/C18H15BrFN3O3S2/c19-11-3-8-14-16(10-11)27-18(21-14)22-17(24)15-2-1-9-23(15)28(25,26)13-6-4-12(20)5-7-13/h3-8,10,15H,1-2,9H2,(H,21,22,24). The van der Waals surface area contributed by atoms with E-state index in [0.717, 1.165) is 26.8 Å². The maximum Gasteiger partial charge on any atom is 0.244 e. The maximum atomic E-state index is 13.1. The Morgan fingerprint density at radius 3 is 2.75 bits per heavy atom. The minimum atomic E-state index is -3.89. The first-order valence-electron chi connectivity index (χ1n) is 8.49. The summed E-state index contributed by atoms with van der Waals surface area (Å²) in [6.45, 7) is 0.241. The number of carbonyl (C=O) groups excluding carboxylic acids is 1. The molecule has 1 aliphatic rings. The highest BCUT2D eigenvalue weighted by Crippen LogP contribution is 2.30. The summed E-state index contributed by atoms with van der Waals surface area (Å²) < 4.78 is 41.9. The Morgan fingerprint density at radius 1 is 1.25 bits per heavy atom. The van der Waals surface area contributed by atoms with Gasteiger partial charge in [0.15, 0.2) is 5.13 Å². The molecular formula is C18H15BrFN3O3S2. The van der Waals surface area contributed by atoms with E-state index in [1.165, 1.54) is 27.8 Å². The molecule has 0 spiro atoms. The van der Waals surface area contributed by atoms with E-state index >= 15 is 0 Å². The molecule has 0 aliphatic carbocycles. The van der Waals surface area contributed by atoms with Crippen LogP contribution in [0, 0.1) is 5.82 Å². The Bertz CT molecular complexity index is 1150. The molecule has 146 valence electrons. The number of nitrogens with zero attached hydrogens (tertiary/aromatic N) is 2. The Hall–Kier alpha value is -1.88. The summed E-state index contributed by atoms with van der Waals surface area (Å²) in [6.07, 6.45) is 0.994. The first-order chi connectivity index (χ1) is 13.3. The highest BCUT2D eigenvalue weighted by Gasteiger charge is 2.39. The zero-order valence-electron chi connectivity index (χ0n) is 14.4. The van der Waals surface area contributed by atoms with Gasteiger partial charge in [-0.15, -0.1) is 0 Å². The van der Waals surface area contributed by atoms with Crippen LogP contribution in [0.2, 0.25) is 0 Å². The van der Waals surface area contributed by atoms with Crippen LogP contribution in [0.5, 0.6) is 0 Å². The van der Waals surface area contributed by atoms with Crippen LogP contribution in [-0.4, -0.2) is 36.2 Å². The van der Waals surface area contributed by atoms with E-state index in [-0.39, 0.29) is 11.4 Å². The number of fused-ring (bicyclic) bond motifs is 1. The fraction of sp³-hybridized carbons (Fsp3) is 0.222. The van der Waals surface area contributed by atoms with Gasteiger partial charge in [-0.05, 0) is 55.3 Å². The zero-order valence-corrected chi connectivity index (χ0v) is 17.7. The van der Waals surface area contributed by atoms with E-state index in [0.29, 0.717) is 18.0 Å². The largest absolute Gasteiger partial charge is 0.301 e. The lowest BCUT2D eigenvalue weighted by molar-refractivity contribution is -0.119. The van der Waals surface area contributed by atoms with Crippen LogP contribution in [0.15, 0.2) is 51.8 Å². The van der Waals surface area contributed by atoms with Crippen molar-refractivity contribution in [1.29, 1.82) is 0 Å². The van der Waals surface area contributed by atoms with Crippen LogP contribution >= 0.6 is 27.3 Å². The molecule has 1 unspecified atom stereocenters. The smallest absolute Gasteiger partial charge is 0.244 e. The van der Waals surface area contributed by atoms with Gasteiger partial charge in [0.05, 0.1) is 15.1 Å². The molecule has 1 saturated heterocycles. The van der Waals surface area contributed by atoms with E-state index < -0.39 is 27.8 Å².